The molecule has 0 spiro atoms. The highest BCUT2D eigenvalue weighted by molar-refractivity contribution is 5.87. The van der Waals surface area contributed by atoms with Crippen molar-refractivity contribution >= 4 is 5.97 Å². The van der Waals surface area contributed by atoms with Crippen molar-refractivity contribution in [1.29, 1.82) is 0 Å². The minimum Gasteiger partial charge on any atom is -0.462 e. The van der Waals surface area contributed by atoms with E-state index in [1.54, 1.807) is 0 Å². The fourth-order valence-electron chi connectivity index (χ4n) is 2.53. The van der Waals surface area contributed by atoms with Gasteiger partial charge in [0.2, 0.25) is 0 Å². The molecule has 0 heterocycles. The molecule has 0 bridgehead atoms. The lowest BCUT2D eigenvalue weighted by Crippen LogP contribution is -2.07. The molecule has 2 heteroatoms. The van der Waals surface area contributed by atoms with Crippen LogP contribution in [0, 0.1) is 0 Å². The van der Waals surface area contributed by atoms with Crippen LogP contribution in [0.15, 0.2) is 12.2 Å². The normalized spacial score (nSPS) is 10.6. The van der Waals surface area contributed by atoms with Gasteiger partial charge >= 0.3 is 5.97 Å². The van der Waals surface area contributed by atoms with Crippen LogP contribution in [-0.4, -0.2) is 12.6 Å². The van der Waals surface area contributed by atoms with Gasteiger partial charge < -0.3 is 4.74 Å². The van der Waals surface area contributed by atoms with Crippen molar-refractivity contribution in [1.82, 2.24) is 0 Å². The van der Waals surface area contributed by atoms with Gasteiger partial charge in [0.05, 0.1) is 6.61 Å². The third kappa shape index (κ3) is 14.2. The van der Waals surface area contributed by atoms with Crippen molar-refractivity contribution in [3.8, 4) is 0 Å². The third-order valence-electron chi connectivity index (χ3n) is 4.20. The topological polar surface area (TPSA) is 26.3 Å². The molecule has 0 aromatic heterocycles. The Hall–Kier alpha value is -0.790. The predicted octanol–water partition coefficient (Wildman–Crippen LogP) is 6.59. The lowest BCUT2D eigenvalue weighted by Gasteiger charge is -2.05. The van der Waals surface area contributed by atoms with E-state index in [1.165, 1.54) is 77.0 Å². The summed E-state index contributed by atoms with van der Waals surface area (Å²) in [5.41, 5.74) is 0.578. The zero-order chi connectivity index (χ0) is 16.5. The Kier molecular flexibility index (Phi) is 16.0. The fraction of sp³-hybridized carbons (Fsp3) is 0.850. The number of hydrogen-bond acceptors (Lipinski definition) is 2. The number of unbranched alkanes of at least 4 members (excludes halogenated alkanes) is 12. The molecule has 130 valence electrons. The van der Waals surface area contributed by atoms with Crippen LogP contribution < -0.4 is 0 Å². The molecular formula is C20H38O2. The molecular weight excluding hydrogens is 272 g/mol. The summed E-state index contributed by atoms with van der Waals surface area (Å²) in [5, 5.41) is 0. The van der Waals surface area contributed by atoms with Gasteiger partial charge in [0.15, 0.2) is 0 Å². The van der Waals surface area contributed by atoms with E-state index in [2.05, 4.69) is 13.5 Å². The van der Waals surface area contributed by atoms with E-state index in [0.717, 1.165) is 6.42 Å². The molecule has 0 aromatic carbocycles. The quantitative estimate of drug-likeness (QED) is 0.183. The summed E-state index contributed by atoms with van der Waals surface area (Å²) in [7, 11) is 0. The van der Waals surface area contributed by atoms with E-state index in [9.17, 15) is 4.79 Å². The number of carbonyl (C=O) groups is 1. The van der Waals surface area contributed by atoms with E-state index in [4.69, 9.17) is 4.74 Å². The molecule has 0 saturated carbocycles. The fourth-order valence-corrected chi connectivity index (χ4v) is 2.53. The van der Waals surface area contributed by atoms with Gasteiger partial charge in [0, 0.05) is 5.57 Å². The van der Waals surface area contributed by atoms with Crippen molar-refractivity contribution in [2.45, 2.75) is 104 Å². The average molecular weight is 311 g/mol. The number of hydrogen-bond donors (Lipinski definition) is 0. The van der Waals surface area contributed by atoms with Gasteiger partial charge in [-0.3, -0.25) is 0 Å². The summed E-state index contributed by atoms with van der Waals surface area (Å²) in [4.78, 5) is 11.4. The van der Waals surface area contributed by atoms with Crippen molar-refractivity contribution in [2.24, 2.45) is 0 Å². The van der Waals surface area contributed by atoms with Crippen LogP contribution in [0.5, 0.6) is 0 Å². The van der Waals surface area contributed by atoms with Crippen molar-refractivity contribution < 1.29 is 9.53 Å². The lowest BCUT2D eigenvalue weighted by atomic mass is 10.0. The predicted molar refractivity (Wildman–Crippen MR) is 96.1 cm³/mol. The second-order valence-corrected chi connectivity index (χ2v) is 6.34. The smallest absolute Gasteiger partial charge is 0.333 e. The first-order valence-corrected chi connectivity index (χ1v) is 9.57. The third-order valence-corrected chi connectivity index (χ3v) is 4.20. The van der Waals surface area contributed by atoms with Crippen molar-refractivity contribution in [3.05, 3.63) is 12.2 Å². The molecule has 0 aliphatic heterocycles. The van der Waals surface area contributed by atoms with E-state index in [0.29, 0.717) is 18.6 Å². The number of carbonyl (C=O) groups excluding carboxylic acids is 1. The Balaban J connectivity index is 3.11. The summed E-state index contributed by atoms with van der Waals surface area (Å²) in [6.07, 6.45) is 18.0. The minimum atomic E-state index is -0.221. The Morgan fingerprint density at radius 1 is 0.727 bits per heavy atom. The van der Waals surface area contributed by atoms with E-state index < -0.39 is 0 Å². The highest BCUT2D eigenvalue weighted by atomic mass is 16.5. The van der Waals surface area contributed by atoms with E-state index in [1.807, 2.05) is 6.92 Å². The molecule has 0 atom stereocenters. The first kappa shape index (κ1) is 21.2. The number of esters is 1. The van der Waals surface area contributed by atoms with Crippen LogP contribution in [0.2, 0.25) is 0 Å². The molecule has 0 aliphatic carbocycles. The maximum Gasteiger partial charge on any atom is 0.333 e. The van der Waals surface area contributed by atoms with Crippen molar-refractivity contribution in [3.63, 3.8) is 0 Å². The molecule has 0 radical (unpaired) electrons. The zero-order valence-electron chi connectivity index (χ0n) is 15.1. The van der Waals surface area contributed by atoms with Gasteiger partial charge in [-0.25, -0.2) is 4.79 Å². The van der Waals surface area contributed by atoms with E-state index >= 15 is 0 Å². The second kappa shape index (κ2) is 16.6. The summed E-state index contributed by atoms with van der Waals surface area (Å²) in [5.74, 6) is -0.221. The molecule has 0 fully saturated rings. The van der Waals surface area contributed by atoms with Gasteiger partial charge in [-0.05, 0) is 12.8 Å². The zero-order valence-corrected chi connectivity index (χ0v) is 15.1. The maximum atomic E-state index is 11.4. The highest BCUT2D eigenvalue weighted by Gasteiger charge is 2.04. The SMILES string of the molecule is C=C(CC)C(=O)OCCCCCCCCCCCCCCC. The van der Waals surface area contributed by atoms with Crippen LogP contribution in [0.3, 0.4) is 0 Å². The lowest BCUT2D eigenvalue weighted by molar-refractivity contribution is -0.139. The standard InChI is InChI=1S/C20H38O2/c1-4-6-7-8-9-10-11-12-13-14-15-16-17-18-22-20(21)19(3)5-2/h3-18H2,1-2H3. The van der Waals surface area contributed by atoms with Gasteiger partial charge in [-0.15, -0.1) is 0 Å². The minimum absolute atomic E-state index is 0.221. The van der Waals surface area contributed by atoms with Crippen LogP contribution in [0.1, 0.15) is 104 Å². The first-order valence-electron chi connectivity index (χ1n) is 9.57. The van der Waals surface area contributed by atoms with Crippen LogP contribution in [0.4, 0.5) is 0 Å². The van der Waals surface area contributed by atoms with Gasteiger partial charge in [0.25, 0.3) is 0 Å². The molecule has 0 unspecified atom stereocenters. The molecule has 0 amide bonds. The monoisotopic (exact) mass is 310 g/mol. The molecule has 0 saturated heterocycles. The molecule has 0 aromatic rings. The number of rotatable bonds is 16. The Labute approximate surface area is 138 Å². The van der Waals surface area contributed by atoms with Crippen molar-refractivity contribution in [2.75, 3.05) is 6.61 Å². The average Bonchev–Trinajstić information content (AvgIpc) is 2.54. The van der Waals surface area contributed by atoms with Crippen LogP contribution >= 0.6 is 0 Å². The summed E-state index contributed by atoms with van der Waals surface area (Å²) in [6, 6.07) is 0. The summed E-state index contributed by atoms with van der Waals surface area (Å²) < 4.78 is 5.16. The van der Waals surface area contributed by atoms with Gasteiger partial charge in [0.1, 0.15) is 0 Å². The van der Waals surface area contributed by atoms with E-state index in [-0.39, 0.29) is 5.97 Å². The molecule has 0 rings (SSSR count). The molecule has 0 aliphatic rings. The van der Waals surface area contributed by atoms with Crippen LogP contribution in [0.25, 0.3) is 0 Å². The number of ether oxygens (including phenoxy) is 1. The Bertz CT molecular complexity index is 271. The highest BCUT2D eigenvalue weighted by Crippen LogP contribution is 2.12. The van der Waals surface area contributed by atoms with Gasteiger partial charge in [-0.2, -0.15) is 0 Å². The summed E-state index contributed by atoms with van der Waals surface area (Å²) >= 11 is 0. The largest absolute Gasteiger partial charge is 0.462 e. The van der Waals surface area contributed by atoms with Gasteiger partial charge in [-0.1, -0.05) is 97.5 Å². The maximum absolute atomic E-state index is 11.4. The second-order valence-electron chi connectivity index (χ2n) is 6.34. The van der Waals surface area contributed by atoms with Crippen LogP contribution in [-0.2, 0) is 9.53 Å². The Morgan fingerprint density at radius 3 is 1.55 bits per heavy atom. The Morgan fingerprint density at radius 2 is 1.14 bits per heavy atom. The molecule has 22 heavy (non-hydrogen) atoms. The summed E-state index contributed by atoms with van der Waals surface area (Å²) in [6.45, 7) is 8.43. The first-order chi connectivity index (χ1) is 10.7. The molecule has 0 N–H and O–H groups in total. The molecule has 2 nitrogen and oxygen atoms in total.